The highest BCUT2D eigenvalue weighted by Gasteiger charge is 2.41. The number of aryl methyl sites for hydroxylation is 1. The number of nitrogens with one attached hydrogen (secondary N) is 2. The van der Waals surface area contributed by atoms with Crippen LogP contribution < -0.4 is 0 Å². The van der Waals surface area contributed by atoms with Crippen molar-refractivity contribution in [2.75, 3.05) is 6.54 Å². The quantitative estimate of drug-likeness (QED) is 0.391. The van der Waals surface area contributed by atoms with Gasteiger partial charge in [0.2, 0.25) is 0 Å². The van der Waals surface area contributed by atoms with Crippen LogP contribution in [0.1, 0.15) is 38.9 Å². The van der Waals surface area contributed by atoms with Crippen molar-refractivity contribution in [1.82, 2.24) is 20.1 Å². The summed E-state index contributed by atoms with van der Waals surface area (Å²) >= 11 is 0. The Balaban J connectivity index is 1.52. The van der Waals surface area contributed by atoms with E-state index in [0.717, 1.165) is 27.7 Å². The fraction of sp³-hybridized carbons (Fsp3) is 0.182. The van der Waals surface area contributed by atoms with Gasteiger partial charge in [-0.2, -0.15) is 5.10 Å². The third-order valence-corrected chi connectivity index (χ3v) is 5.74. The molecule has 1 aliphatic rings. The molecule has 2 aromatic carbocycles. The number of H-pyrrole nitrogens is 2. The Morgan fingerprint density at radius 3 is 2.87 bits per heavy atom. The smallest absolute Gasteiger partial charge is 0.275 e. The van der Waals surface area contributed by atoms with Gasteiger partial charge in [-0.25, -0.2) is 0 Å². The van der Waals surface area contributed by atoms with E-state index < -0.39 is 11.0 Å². The topological polar surface area (TPSA) is 108 Å². The summed E-state index contributed by atoms with van der Waals surface area (Å²) in [7, 11) is 0. The maximum Gasteiger partial charge on any atom is 0.275 e. The van der Waals surface area contributed by atoms with E-state index in [0.29, 0.717) is 24.2 Å². The van der Waals surface area contributed by atoms with E-state index in [1.807, 2.05) is 37.4 Å². The summed E-state index contributed by atoms with van der Waals surface area (Å²) in [4.78, 5) is 29.0. The number of fused-ring (bicyclic) bond motifs is 2. The van der Waals surface area contributed by atoms with Crippen molar-refractivity contribution in [3.63, 3.8) is 0 Å². The number of benzene rings is 2. The SMILES string of the molecule is Cc1[nH]nc2c1[C@@H](c1cccc([N+](=O)[O-])c1)N(CCc1c[nH]c3ccccc13)C2=O. The van der Waals surface area contributed by atoms with Crippen molar-refractivity contribution in [2.24, 2.45) is 0 Å². The van der Waals surface area contributed by atoms with Gasteiger partial charge in [0.05, 0.1) is 11.0 Å². The van der Waals surface area contributed by atoms with E-state index >= 15 is 0 Å². The summed E-state index contributed by atoms with van der Waals surface area (Å²) in [6, 6.07) is 14.1. The van der Waals surface area contributed by atoms with Crippen LogP contribution in [0.2, 0.25) is 0 Å². The standard InChI is InChI=1S/C22H19N5O3/c1-13-19-20(25-24-13)22(28)26(21(19)14-5-4-6-16(11-14)27(29)30)10-9-15-12-23-18-8-3-2-7-17(15)18/h2-8,11-12,21,23H,9-10H2,1H3,(H,24,25)/t21-/m1/s1. The van der Waals surface area contributed by atoms with Gasteiger partial charge in [0.25, 0.3) is 11.6 Å². The maximum absolute atomic E-state index is 13.1. The first-order valence-electron chi connectivity index (χ1n) is 9.70. The zero-order valence-corrected chi connectivity index (χ0v) is 16.3. The molecule has 0 aliphatic carbocycles. The summed E-state index contributed by atoms with van der Waals surface area (Å²) in [6.07, 6.45) is 2.63. The van der Waals surface area contributed by atoms with Crippen LogP contribution in [-0.2, 0) is 6.42 Å². The molecule has 4 aromatic rings. The van der Waals surface area contributed by atoms with Crippen LogP contribution in [0.25, 0.3) is 10.9 Å². The molecular weight excluding hydrogens is 382 g/mol. The Kier molecular flexibility index (Phi) is 4.13. The summed E-state index contributed by atoms with van der Waals surface area (Å²) < 4.78 is 0. The number of non-ortho nitro benzene ring substituents is 1. The van der Waals surface area contributed by atoms with Gasteiger partial charge in [-0.3, -0.25) is 20.0 Å². The fourth-order valence-electron chi connectivity index (χ4n) is 4.31. The minimum absolute atomic E-state index is 0.00567. The molecule has 1 amide bonds. The lowest BCUT2D eigenvalue weighted by Crippen LogP contribution is -2.31. The minimum Gasteiger partial charge on any atom is -0.361 e. The van der Waals surface area contributed by atoms with Crippen molar-refractivity contribution >= 4 is 22.5 Å². The summed E-state index contributed by atoms with van der Waals surface area (Å²) in [5, 5.41) is 19.5. The number of rotatable bonds is 5. The van der Waals surface area contributed by atoms with Gasteiger partial charge in [0.15, 0.2) is 5.69 Å². The molecule has 8 heteroatoms. The maximum atomic E-state index is 13.1. The van der Waals surface area contributed by atoms with E-state index in [-0.39, 0.29) is 11.6 Å². The van der Waals surface area contributed by atoms with E-state index in [4.69, 9.17) is 0 Å². The second kappa shape index (κ2) is 6.84. The third-order valence-electron chi connectivity index (χ3n) is 5.74. The van der Waals surface area contributed by atoms with Crippen molar-refractivity contribution in [2.45, 2.75) is 19.4 Å². The molecule has 2 aromatic heterocycles. The van der Waals surface area contributed by atoms with Crippen molar-refractivity contribution in [1.29, 1.82) is 0 Å². The molecular formula is C22H19N5O3. The monoisotopic (exact) mass is 401 g/mol. The number of amides is 1. The van der Waals surface area contributed by atoms with Gasteiger partial charge in [-0.15, -0.1) is 0 Å². The lowest BCUT2D eigenvalue weighted by Gasteiger charge is -2.26. The molecule has 0 unspecified atom stereocenters. The number of nitrogens with zero attached hydrogens (tertiary/aromatic N) is 3. The van der Waals surface area contributed by atoms with Crippen LogP contribution in [0.3, 0.4) is 0 Å². The highest BCUT2D eigenvalue weighted by Crippen LogP contribution is 2.40. The molecule has 1 atom stereocenters. The summed E-state index contributed by atoms with van der Waals surface area (Å²) in [5.74, 6) is -0.161. The van der Waals surface area contributed by atoms with Crippen LogP contribution >= 0.6 is 0 Å². The molecule has 8 nitrogen and oxygen atoms in total. The second-order valence-electron chi connectivity index (χ2n) is 7.47. The average Bonchev–Trinajstić information content (AvgIpc) is 3.41. The number of aromatic nitrogens is 3. The average molecular weight is 401 g/mol. The van der Waals surface area contributed by atoms with Crippen molar-refractivity contribution in [3.05, 3.63) is 92.9 Å². The van der Waals surface area contributed by atoms with Gasteiger partial charge < -0.3 is 9.88 Å². The van der Waals surface area contributed by atoms with Crippen LogP contribution in [-0.4, -0.2) is 37.5 Å². The Morgan fingerprint density at radius 2 is 2.03 bits per heavy atom. The first kappa shape index (κ1) is 18.1. The van der Waals surface area contributed by atoms with Crippen molar-refractivity contribution in [3.8, 4) is 0 Å². The largest absolute Gasteiger partial charge is 0.361 e. The molecule has 0 saturated heterocycles. The first-order valence-corrected chi connectivity index (χ1v) is 9.70. The van der Waals surface area contributed by atoms with Crippen LogP contribution in [0.15, 0.2) is 54.7 Å². The number of carbonyl (C=O) groups is 1. The number of nitro benzene ring substituents is 1. The zero-order valence-electron chi connectivity index (χ0n) is 16.3. The van der Waals surface area contributed by atoms with Gasteiger partial charge >= 0.3 is 0 Å². The number of aromatic amines is 2. The van der Waals surface area contributed by atoms with Crippen molar-refractivity contribution < 1.29 is 9.72 Å². The zero-order chi connectivity index (χ0) is 20.8. The number of hydrogen-bond donors (Lipinski definition) is 2. The highest BCUT2D eigenvalue weighted by atomic mass is 16.6. The molecule has 0 radical (unpaired) electrons. The lowest BCUT2D eigenvalue weighted by molar-refractivity contribution is -0.384. The van der Waals surface area contributed by atoms with Crippen LogP contribution in [0.4, 0.5) is 5.69 Å². The van der Waals surface area contributed by atoms with Gasteiger partial charge in [0.1, 0.15) is 0 Å². The Morgan fingerprint density at radius 1 is 1.20 bits per heavy atom. The summed E-state index contributed by atoms with van der Waals surface area (Å²) in [5.41, 5.74) is 4.87. The Hall–Kier alpha value is -3.94. The number of hydrogen-bond acceptors (Lipinski definition) is 4. The van der Waals surface area contributed by atoms with Gasteiger partial charge in [-0.1, -0.05) is 30.3 Å². The van der Waals surface area contributed by atoms with E-state index in [1.165, 1.54) is 12.1 Å². The molecule has 150 valence electrons. The first-order chi connectivity index (χ1) is 14.5. The highest BCUT2D eigenvalue weighted by molar-refractivity contribution is 5.98. The second-order valence-corrected chi connectivity index (χ2v) is 7.47. The normalized spacial score (nSPS) is 15.7. The Bertz CT molecular complexity index is 1290. The Labute approximate surface area is 171 Å². The summed E-state index contributed by atoms with van der Waals surface area (Å²) in [6.45, 7) is 2.34. The number of para-hydroxylation sites is 1. The van der Waals surface area contributed by atoms with E-state index in [2.05, 4.69) is 21.2 Å². The van der Waals surface area contributed by atoms with E-state index in [1.54, 1.807) is 11.0 Å². The van der Waals surface area contributed by atoms with Gasteiger partial charge in [0, 0.05) is 47.0 Å². The number of carbonyl (C=O) groups excluding carboxylic acids is 1. The molecule has 0 bridgehead atoms. The number of nitro groups is 1. The minimum atomic E-state index is -0.417. The molecule has 5 rings (SSSR count). The lowest BCUT2D eigenvalue weighted by atomic mass is 9.98. The van der Waals surface area contributed by atoms with E-state index in [9.17, 15) is 14.9 Å². The molecule has 0 spiro atoms. The van der Waals surface area contributed by atoms with Crippen LogP contribution in [0.5, 0.6) is 0 Å². The molecule has 3 heterocycles. The molecule has 0 saturated carbocycles. The fourth-order valence-corrected chi connectivity index (χ4v) is 4.31. The third kappa shape index (κ3) is 2.76. The predicted octanol–water partition coefficient (Wildman–Crippen LogP) is 3.90. The molecule has 0 fully saturated rings. The molecule has 30 heavy (non-hydrogen) atoms. The predicted molar refractivity (Wildman–Crippen MR) is 111 cm³/mol. The molecule has 2 N–H and O–H groups in total. The van der Waals surface area contributed by atoms with Gasteiger partial charge in [-0.05, 0) is 30.5 Å². The molecule has 1 aliphatic heterocycles. The van der Waals surface area contributed by atoms with Crippen LogP contribution in [0, 0.1) is 17.0 Å².